The molecular weight excluding hydrogens is 214 g/mol. The van der Waals surface area contributed by atoms with Gasteiger partial charge in [-0.25, -0.2) is 0 Å². The molecule has 0 spiro atoms. The second-order valence-electron chi connectivity index (χ2n) is 4.64. The molecule has 17 heavy (non-hydrogen) atoms. The smallest absolute Gasteiger partial charge is 0.0720 e. The molecular formula is C13H17N3O. The first kappa shape index (κ1) is 12.0. The summed E-state index contributed by atoms with van der Waals surface area (Å²) >= 11 is 0. The van der Waals surface area contributed by atoms with Crippen molar-refractivity contribution in [3.05, 3.63) is 46.3 Å². The fourth-order valence-corrected chi connectivity index (χ4v) is 2.32. The molecule has 0 saturated heterocycles. The van der Waals surface area contributed by atoms with Gasteiger partial charge in [-0.05, 0) is 29.9 Å². The zero-order valence-corrected chi connectivity index (χ0v) is 9.99. The molecule has 2 rings (SSSR count). The molecule has 0 aromatic heterocycles. The van der Waals surface area contributed by atoms with Gasteiger partial charge in [0.1, 0.15) is 0 Å². The molecule has 90 valence electrons. The number of nitrogens with zero attached hydrogens (tertiary/aromatic N) is 3. The fourth-order valence-electron chi connectivity index (χ4n) is 2.32. The van der Waals surface area contributed by atoms with Crippen LogP contribution in [0.5, 0.6) is 0 Å². The Hall–Kier alpha value is -1.51. The van der Waals surface area contributed by atoms with Gasteiger partial charge in [-0.3, -0.25) is 0 Å². The highest BCUT2D eigenvalue weighted by atomic mass is 16.5. The summed E-state index contributed by atoms with van der Waals surface area (Å²) in [6, 6.07) is 10.2. The van der Waals surface area contributed by atoms with Crippen LogP contribution in [0.4, 0.5) is 0 Å². The Balaban J connectivity index is 1.84. The van der Waals surface area contributed by atoms with Crippen molar-refractivity contribution in [2.24, 2.45) is 11.0 Å². The summed E-state index contributed by atoms with van der Waals surface area (Å²) in [4.78, 5) is 2.89. The van der Waals surface area contributed by atoms with Gasteiger partial charge in [0.05, 0.1) is 12.7 Å². The summed E-state index contributed by atoms with van der Waals surface area (Å²) in [5.74, 6) is 0.423. The van der Waals surface area contributed by atoms with Crippen LogP contribution in [0.2, 0.25) is 0 Å². The van der Waals surface area contributed by atoms with E-state index < -0.39 is 0 Å². The quantitative estimate of drug-likeness (QED) is 0.443. The Morgan fingerprint density at radius 3 is 2.82 bits per heavy atom. The zero-order valence-electron chi connectivity index (χ0n) is 9.99. The number of rotatable bonds is 4. The van der Waals surface area contributed by atoms with E-state index in [1.807, 2.05) is 18.2 Å². The number of ether oxygens (including phenoxy) is 1. The van der Waals surface area contributed by atoms with E-state index in [4.69, 9.17) is 10.3 Å². The Bertz CT molecular complexity index is 400. The second-order valence-corrected chi connectivity index (χ2v) is 4.64. The molecule has 1 aromatic rings. The molecule has 1 aliphatic carbocycles. The second kappa shape index (κ2) is 5.71. The Kier molecular flexibility index (Phi) is 4.02. The van der Waals surface area contributed by atoms with Crippen LogP contribution in [0.3, 0.4) is 0 Å². The van der Waals surface area contributed by atoms with Crippen molar-refractivity contribution in [1.29, 1.82) is 0 Å². The maximum Gasteiger partial charge on any atom is 0.0720 e. The third kappa shape index (κ3) is 3.22. The normalized spacial score (nSPS) is 27.7. The largest absolute Gasteiger partial charge is 0.374 e. The van der Waals surface area contributed by atoms with Gasteiger partial charge in [-0.2, -0.15) is 0 Å². The van der Waals surface area contributed by atoms with Gasteiger partial charge in [0, 0.05) is 11.0 Å². The first-order valence-corrected chi connectivity index (χ1v) is 5.99. The molecule has 0 heterocycles. The van der Waals surface area contributed by atoms with Crippen LogP contribution in [-0.2, 0) is 11.3 Å². The fraction of sp³-hybridized carbons (Fsp3) is 0.538. The lowest BCUT2D eigenvalue weighted by Gasteiger charge is -2.11. The molecule has 4 nitrogen and oxygen atoms in total. The van der Waals surface area contributed by atoms with Crippen LogP contribution in [0.15, 0.2) is 35.4 Å². The summed E-state index contributed by atoms with van der Waals surface area (Å²) in [5.41, 5.74) is 9.64. The van der Waals surface area contributed by atoms with Crippen molar-refractivity contribution in [1.82, 2.24) is 0 Å². The van der Waals surface area contributed by atoms with Crippen LogP contribution in [0, 0.1) is 5.92 Å². The highest BCUT2D eigenvalue weighted by Crippen LogP contribution is 2.31. The van der Waals surface area contributed by atoms with Crippen LogP contribution < -0.4 is 0 Å². The van der Waals surface area contributed by atoms with Gasteiger partial charge in [-0.15, -0.1) is 0 Å². The molecule has 4 heteroatoms. The van der Waals surface area contributed by atoms with Crippen LogP contribution >= 0.6 is 0 Å². The van der Waals surface area contributed by atoms with Crippen LogP contribution in [0.25, 0.3) is 10.4 Å². The summed E-state index contributed by atoms with van der Waals surface area (Å²) in [5, 5.41) is 3.81. The Morgan fingerprint density at radius 1 is 1.35 bits per heavy atom. The lowest BCUT2D eigenvalue weighted by Crippen LogP contribution is -2.09. The van der Waals surface area contributed by atoms with Gasteiger partial charge >= 0.3 is 0 Å². The average molecular weight is 231 g/mol. The van der Waals surface area contributed by atoms with E-state index in [1.165, 1.54) is 5.56 Å². The minimum atomic E-state index is 0.0979. The lowest BCUT2D eigenvalue weighted by atomic mass is 10.1. The molecule has 1 aliphatic rings. The van der Waals surface area contributed by atoms with Gasteiger partial charge in [0.15, 0.2) is 0 Å². The van der Waals surface area contributed by atoms with E-state index in [-0.39, 0.29) is 12.1 Å². The lowest BCUT2D eigenvalue weighted by molar-refractivity contribution is 0.0429. The summed E-state index contributed by atoms with van der Waals surface area (Å²) in [6.45, 7) is 2.76. The average Bonchev–Trinajstić information content (AvgIpc) is 2.70. The highest BCUT2D eigenvalue weighted by molar-refractivity contribution is 5.13. The molecule has 0 N–H and O–H groups in total. The molecule has 1 fully saturated rings. The van der Waals surface area contributed by atoms with E-state index in [1.54, 1.807) is 0 Å². The number of hydrogen-bond donors (Lipinski definition) is 0. The molecule has 3 atom stereocenters. The van der Waals surface area contributed by atoms with Gasteiger partial charge in [0.2, 0.25) is 0 Å². The van der Waals surface area contributed by atoms with Crippen molar-refractivity contribution >= 4 is 0 Å². The third-order valence-electron chi connectivity index (χ3n) is 3.32. The zero-order chi connectivity index (χ0) is 12.1. The van der Waals surface area contributed by atoms with E-state index in [2.05, 4.69) is 29.1 Å². The van der Waals surface area contributed by atoms with E-state index in [9.17, 15) is 0 Å². The summed E-state index contributed by atoms with van der Waals surface area (Å²) < 4.78 is 5.85. The first-order valence-electron chi connectivity index (χ1n) is 5.99. The van der Waals surface area contributed by atoms with Crippen molar-refractivity contribution in [3.63, 3.8) is 0 Å². The van der Waals surface area contributed by atoms with Crippen molar-refractivity contribution in [2.45, 2.75) is 38.5 Å². The maximum absolute atomic E-state index is 8.46. The molecule has 0 bridgehead atoms. The van der Waals surface area contributed by atoms with Gasteiger partial charge < -0.3 is 4.74 Å². The number of benzene rings is 1. The third-order valence-corrected chi connectivity index (χ3v) is 3.32. The minimum Gasteiger partial charge on any atom is -0.374 e. The monoisotopic (exact) mass is 231 g/mol. The Morgan fingerprint density at radius 2 is 2.12 bits per heavy atom. The molecule has 0 aliphatic heterocycles. The van der Waals surface area contributed by atoms with E-state index in [0.29, 0.717) is 12.5 Å². The predicted octanol–water partition coefficient (Wildman–Crippen LogP) is 3.68. The van der Waals surface area contributed by atoms with Crippen LogP contribution in [-0.4, -0.2) is 12.1 Å². The molecule has 0 radical (unpaired) electrons. The maximum atomic E-state index is 8.46. The van der Waals surface area contributed by atoms with Gasteiger partial charge in [-0.1, -0.05) is 42.4 Å². The molecule has 1 saturated carbocycles. The Labute approximate surface area is 101 Å². The standard InChI is InChI=1S/C13H17N3O/c1-10-7-12(8-13(10)15-16-14)17-9-11-5-3-2-4-6-11/h2-6,10,12-13H,7-9H2,1H3/t10-,12-,13+/m1/s1. The molecule has 1 aromatic carbocycles. The van der Waals surface area contributed by atoms with Crippen LogP contribution in [0.1, 0.15) is 25.3 Å². The van der Waals surface area contributed by atoms with Crippen molar-refractivity contribution < 1.29 is 4.74 Å². The number of hydrogen-bond acceptors (Lipinski definition) is 2. The SMILES string of the molecule is C[C@@H]1C[C@@H](OCc2ccccc2)C[C@@H]1N=[N+]=[N-]. The topological polar surface area (TPSA) is 58.0 Å². The summed E-state index contributed by atoms with van der Waals surface area (Å²) in [7, 11) is 0. The molecule has 0 amide bonds. The van der Waals surface area contributed by atoms with Gasteiger partial charge in [0.25, 0.3) is 0 Å². The highest BCUT2D eigenvalue weighted by Gasteiger charge is 2.30. The van der Waals surface area contributed by atoms with Crippen molar-refractivity contribution in [2.75, 3.05) is 0 Å². The van der Waals surface area contributed by atoms with E-state index >= 15 is 0 Å². The minimum absolute atomic E-state index is 0.0979. The molecule has 0 unspecified atom stereocenters. The van der Waals surface area contributed by atoms with Crippen molar-refractivity contribution in [3.8, 4) is 0 Å². The predicted molar refractivity (Wildman–Crippen MR) is 66.4 cm³/mol. The van der Waals surface area contributed by atoms with E-state index in [0.717, 1.165) is 12.8 Å². The number of azide groups is 1. The summed E-state index contributed by atoms with van der Waals surface area (Å²) in [6.07, 6.45) is 2.05. The first-order chi connectivity index (χ1) is 8.29.